The van der Waals surface area contributed by atoms with Gasteiger partial charge in [0.15, 0.2) is 0 Å². The number of rotatable bonds is 15. The van der Waals surface area contributed by atoms with Crippen LogP contribution in [0.25, 0.3) is 0 Å². The molecule has 2 aliphatic rings. The van der Waals surface area contributed by atoms with Crippen LogP contribution in [0.2, 0.25) is 0 Å². The summed E-state index contributed by atoms with van der Waals surface area (Å²) >= 11 is 0. The number of ether oxygens (including phenoxy) is 2. The summed E-state index contributed by atoms with van der Waals surface area (Å²) in [6, 6.07) is 11.6. The number of hydrogen-bond acceptors (Lipinski definition) is 2. The van der Waals surface area contributed by atoms with Crippen LogP contribution in [-0.2, 0) is 0 Å². The summed E-state index contributed by atoms with van der Waals surface area (Å²) < 4.78 is 80.7. The second kappa shape index (κ2) is 24.2. The minimum absolute atomic E-state index is 0.205. The van der Waals surface area contributed by atoms with Gasteiger partial charge in [0.2, 0.25) is 0 Å². The summed E-state index contributed by atoms with van der Waals surface area (Å²) in [5, 5.41) is 0. The molecule has 0 heterocycles. The molecule has 0 amide bonds. The summed E-state index contributed by atoms with van der Waals surface area (Å²) in [5.74, 6) is 14.9. The van der Waals surface area contributed by atoms with Gasteiger partial charge in [0.1, 0.15) is 11.5 Å². The van der Waals surface area contributed by atoms with Crippen molar-refractivity contribution in [2.45, 2.75) is 161 Å². The van der Waals surface area contributed by atoms with Gasteiger partial charge in [0.05, 0.1) is 0 Å². The molecule has 2 aromatic rings. The zero-order valence-electron chi connectivity index (χ0n) is 31.9. The summed E-state index contributed by atoms with van der Waals surface area (Å²) in [6.45, 7) is 4.49. The molecule has 53 heavy (non-hydrogen) atoms. The van der Waals surface area contributed by atoms with Crippen LogP contribution in [0.5, 0.6) is 11.5 Å². The molecular weight excluding hydrogens is 686 g/mol. The minimum atomic E-state index is -4.65. The molecule has 0 N–H and O–H groups in total. The average Bonchev–Trinajstić information content (AvgIpc) is 3.12. The predicted octanol–water partition coefficient (Wildman–Crippen LogP) is 14.6. The van der Waals surface area contributed by atoms with Gasteiger partial charge in [-0.2, -0.15) is 0 Å². The number of unbranched alkanes of at least 4 members (excludes halogenated alkanes) is 9. The number of halogens is 6. The van der Waals surface area contributed by atoms with E-state index in [-0.39, 0.29) is 11.5 Å². The van der Waals surface area contributed by atoms with Gasteiger partial charge in [0, 0.05) is 23.0 Å². The highest BCUT2D eigenvalue weighted by atomic mass is 19.4. The lowest BCUT2D eigenvalue weighted by Crippen LogP contribution is -2.17. The Kier molecular flexibility index (Phi) is 20.2. The molecular formula is C45H60F6O2. The molecule has 0 spiro atoms. The Morgan fingerprint density at radius 2 is 0.792 bits per heavy atom. The maximum Gasteiger partial charge on any atom is 0.573 e. The molecule has 0 radical (unpaired) electrons. The highest BCUT2D eigenvalue weighted by molar-refractivity contribution is 5.39. The fourth-order valence-corrected chi connectivity index (χ4v) is 7.29. The lowest BCUT2D eigenvalue weighted by molar-refractivity contribution is -0.275. The van der Waals surface area contributed by atoms with Crippen LogP contribution in [0.1, 0.15) is 160 Å². The van der Waals surface area contributed by atoms with Gasteiger partial charge >= 0.3 is 12.7 Å². The van der Waals surface area contributed by atoms with Crippen molar-refractivity contribution >= 4 is 0 Å². The maximum atomic E-state index is 12.2. The summed E-state index contributed by atoms with van der Waals surface area (Å²) in [7, 11) is 0. The molecule has 2 saturated carbocycles. The van der Waals surface area contributed by atoms with Crippen LogP contribution in [0.15, 0.2) is 48.5 Å². The third kappa shape index (κ3) is 20.7. The van der Waals surface area contributed by atoms with Gasteiger partial charge in [-0.25, -0.2) is 0 Å². The summed E-state index contributed by atoms with van der Waals surface area (Å²) in [5.41, 5.74) is 1.47. The molecule has 0 aliphatic heterocycles. The second-order valence-electron chi connectivity index (χ2n) is 14.9. The lowest BCUT2D eigenvalue weighted by atomic mass is 9.80. The molecule has 294 valence electrons. The Bertz CT molecular complexity index is 1380. The van der Waals surface area contributed by atoms with E-state index in [4.69, 9.17) is 0 Å². The van der Waals surface area contributed by atoms with E-state index in [9.17, 15) is 26.3 Å². The van der Waals surface area contributed by atoms with E-state index >= 15 is 0 Å². The van der Waals surface area contributed by atoms with Crippen molar-refractivity contribution in [3.63, 3.8) is 0 Å². The molecule has 2 nitrogen and oxygen atoms in total. The monoisotopic (exact) mass is 746 g/mol. The largest absolute Gasteiger partial charge is 0.573 e. The molecule has 0 bridgehead atoms. The van der Waals surface area contributed by atoms with E-state index in [0.717, 1.165) is 48.6 Å². The molecule has 2 aromatic carbocycles. The average molecular weight is 747 g/mol. The zero-order chi connectivity index (χ0) is 38.4. The van der Waals surface area contributed by atoms with Crippen molar-refractivity contribution in [1.82, 2.24) is 0 Å². The van der Waals surface area contributed by atoms with Crippen molar-refractivity contribution < 1.29 is 35.8 Å². The van der Waals surface area contributed by atoms with Crippen molar-refractivity contribution in [1.29, 1.82) is 0 Å². The number of benzene rings is 2. The first-order chi connectivity index (χ1) is 25.4. The van der Waals surface area contributed by atoms with Gasteiger partial charge in [-0.1, -0.05) is 121 Å². The van der Waals surface area contributed by atoms with E-state index in [1.807, 2.05) is 0 Å². The first-order valence-corrected chi connectivity index (χ1v) is 20.2. The molecule has 0 atom stereocenters. The fourth-order valence-electron chi connectivity index (χ4n) is 7.29. The third-order valence-electron chi connectivity index (χ3n) is 10.4. The Morgan fingerprint density at radius 3 is 1.11 bits per heavy atom. The molecule has 0 aromatic heterocycles. The van der Waals surface area contributed by atoms with Crippen LogP contribution in [0.3, 0.4) is 0 Å². The second-order valence-corrected chi connectivity index (χ2v) is 14.9. The van der Waals surface area contributed by atoms with Crippen LogP contribution >= 0.6 is 0 Å². The first-order valence-electron chi connectivity index (χ1n) is 20.2. The topological polar surface area (TPSA) is 18.5 Å². The first kappa shape index (κ1) is 44.1. The predicted molar refractivity (Wildman–Crippen MR) is 202 cm³/mol. The molecule has 0 saturated heterocycles. The van der Waals surface area contributed by atoms with Crippen LogP contribution < -0.4 is 9.47 Å². The maximum absolute atomic E-state index is 12.2. The highest BCUT2D eigenvalue weighted by Crippen LogP contribution is 2.33. The number of alkyl halides is 6. The quantitative estimate of drug-likeness (QED) is 0.103. The molecule has 4 rings (SSSR count). The van der Waals surface area contributed by atoms with Crippen molar-refractivity contribution in [2.75, 3.05) is 0 Å². The summed E-state index contributed by atoms with van der Waals surface area (Å²) in [6.07, 6.45) is 17.9. The summed E-state index contributed by atoms with van der Waals surface area (Å²) in [4.78, 5) is 0. The van der Waals surface area contributed by atoms with Gasteiger partial charge in [-0.3, -0.25) is 0 Å². The molecule has 8 heteroatoms. The van der Waals surface area contributed by atoms with Gasteiger partial charge in [-0.05, 0) is 112 Å². The van der Waals surface area contributed by atoms with Crippen LogP contribution in [0, 0.1) is 47.4 Å². The van der Waals surface area contributed by atoms with Crippen molar-refractivity contribution in [2.24, 2.45) is 23.7 Å². The number of hydrogen-bond donors (Lipinski definition) is 0. The lowest BCUT2D eigenvalue weighted by Gasteiger charge is -2.25. The van der Waals surface area contributed by atoms with E-state index in [1.54, 1.807) is 24.3 Å². The van der Waals surface area contributed by atoms with Gasteiger partial charge < -0.3 is 9.47 Å². The van der Waals surface area contributed by atoms with Crippen molar-refractivity contribution in [3.05, 3.63) is 59.7 Å². The Balaban J connectivity index is 0.000000286. The Morgan fingerprint density at radius 1 is 0.472 bits per heavy atom. The van der Waals surface area contributed by atoms with E-state index < -0.39 is 12.7 Å². The van der Waals surface area contributed by atoms with Crippen LogP contribution in [-0.4, -0.2) is 12.7 Å². The molecule has 2 fully saturated rings. The van der Waals surface area contributed by atoms with E-state index in [2.05, 4.69) is 47.0 Å². The standard InChI is InChI=1S/C23H31F3O.C22H29F3O/c1-2-3-4-5-6-7-8-19-9-11-20(12-10-19)13-14-21-15-17-22(18-16-21)27-23(24,25)26;1-2-3-4-5-6-7-18-8-10-19(11-9-18)12-13-20-14-16-21(17-15-20)26-22(23,24)25/h15-20H,2-12H2,1H3;14-19H,2-11H2,1H3. The van der Waals surface area contributed by atoms with E-state index in [0.29, 0.717) is 11.8 Å². The van der Waals surface area contributed by atoms with Crippen molar-refractivity contribution in [3.8, 4) is 35.2 Å². The van der Waals surface area contributed by atoms with Crippen LogP contribution in [0.4, 0.5) is 26.3 Å². The zero-order valence-corrected chi connectivity index (χ0v) is 31.9. The Hall–Kier alpha value is -3.26. The SMILES string of the molecule is CCCCCCCC1CCC(C#Cc2ccc(OC(F)(F)F)cc2)CC1.CCCCCCCCC1CCC(C#Cc2ccc(OC(F)(F)F)cc2)CC1. The van der Waals surface area contributed by atoms with E-state index in [1.165, 1.54) is 133 Å². The molecule has 2 aliphatic carbocycles. The fraction of sp³-hybridized carbons (Fsp3) is 0.644. The molecule has 0 unspecified atom stereocenters. The van der Waals surface area contributed by atoms with Gasteiger partial charge in [0.25, 0.3) is 0 Å². The Labute approximate surface area is 315 Å². The highest BCUT2D eigenvalue weighted by Gasteiger charge is 2.31. The van der Waals surface area contributed by atoms with Gasteiger partial charge in [-0.15, -0.1) is 26.3 Å². The normalized spacial score (nSPS) is 20.2. The third-order valence-corrected chi connectivity index (χ3v) is 10.4. The smallest absolute Gasteiger partial charge is 0.406 e. The minimum Gasteiger partial charge on any atom is -0.406 e.